The number of pyridine rings is 1. The van der Waals surface area contributed by atoms with E-state index >= 15 is 0 Å². The maximum Gasteiger partial charge on any atom is 0.212 e. The van der Waals surface area contributed by atoms with Crippen LogP contribution in [0.1, 0.15) is 16.1 Å². The van der Waals surface area contributed by atoms with E-state index in [4.69, 9.17) is 11.6 Å². The monoisotopic (exact) mass is 299 g/mol. The van der Waals surface area contributed by atoms with Gasteiger partial charge in [0.15, 0.2) is 0 Å². The molecule has 0 aliphatic carbocycles. The molecule has 0 amide bonds. The summed E-state index contributed by atoms with van der Waals surface area (Å²) in [6.45, 7) is 0. The van der Waals surface area contributed by atoms with Crippen LogP contribution in [0.4, 0.5) is 0 Å². The van der Waals surface area contributed by atoms with Gasteiger partial charge >= 0.3 is 0 Å². The second kappa shape index (κ2) is 4.35. The standard InChI is InChI=1S/C10H7BrClN3O/c1-15-9(7(11)5-14-15)10(16)6-2-3-13-8(12)4-6/h2-5H,1H3. The van der Waals surface area contributed by atoms with Crippen LogP contribution < -0.4 is 0 Å². The number of nitrogens with zero attached hydrogens (tertiary/aromatic N) is 3. The van der Waals surface area contributed by atoms with Gasteiger partial charge in [0.2, 0.25) is 5.78 Å². The first-order valence-electron chi connectivity index (χ1n) is 4.43. The van der Waals surface area contributed by atoms with E-state index in [-0.39, 0.29) is 5.78 Å². The number of halogens is 2. The molecule has 0 N–H and O–H groups in total. The maximum atomic E-state index is 12.1. The highest BCUT2D eigenvalue weighted by atomic mass is 79.9. The van der Waals surface area contributed by atoms with Gasteiger partial charge in [-0.3, -0.25) is 9.48 Å². The van der Waals surface area contributed by atoms with E-state index in [9.17, 15) is 4.79 Å². The summed E-state index contributed by atoms with van der Waals surface area (Å²) >= 11 is 9.01. The summed E-state index contributed by atoms with van der Waals surface area (Å²) in [6.07, 6.45) is 3.08. The van der Waals surface area contributed by atoms with E-state index in [0.29, 0.717) is 20.9 Å². The molecule has 2 rings (SSSR count). The van der Waals surface area contributed by atoms with Crippen LogP contribution in [-0.2, 0) is 7.05 Å². The van der Waals surface area contributed by atoms with Crippen molar-refractivity contribution in [3.05, 3.63) is 45.4 Å². The summed E-state index contributed by atoms with van der Waals surface area (Å²) in [5.41, 5.74) is 0.978. The molecule has 2 heterocycles. The number of hydrogen-bond acceptors (Lipinski definition) is 3. The lowest BCUT2D eigenvalue weighted by Crippen LogP contribution is -2.09. The largest absolute Gasteiger partial charge is 0.287 e. The molecule has 0 radical (unpaired) electrons. The Morgan fingerprint density at radius 3 is 2.88 bits per heavy atom. The third-order valence-corrected chi connectivity index (χ3v) is 2.88. The Labute approximate surface area is 105 Å². The Balaban J connectivity index is 2.47. The molecule has 0 aromatic carbocycles. The van der Waals surface area contributed by atoms with Gasteiger partial charge in [-0.1, -0.05) is 11.6 Å². The van der Waals surface area contributed by atoms with Crippen molar-refractivity contribution in [2.75, 3.05) is 0 Å². The van der Waals surface area contributed by atoms with Crippen molar-refractivity contribution in [2.24, 2.45) is 7.05 Å². The molecule has 6 heteroatoms. The molecule has 16 heavy (non-hydrogen) atoms. The number of carbonyl (C=O) groups is 1. The van der Waals surface area contributed by atoms with Crippen LogP contribution in [0.25, 0.3) is 0 Å². The third kappa shape index (κ3) is 2.01. The summed E-state index contributed by atoms with van der Waals surface area (Å²) < 4.78 is 2.17. The molecule has 0 aliphatic heterocycles. The van der Waals surface area contributed by atoms with Crippen LogP contribution in [0.5, 0.6) is 0 Å². The number of hydrogen-bond donors (Lipinski definition) is 0. The molecule has 0 saturated heterocycles. The van der Waals surface area contributed by atoms with E-state index in [1.165, 1.54) is 16.9 Å². The predicted molar refractivity (Wildman–Crippen MR) is 63.6 cm³/mol. The predicted octanol–water partition coefficient (Wildman–Crippen LogP) is 2.46. The van der Waals surface area contributed by atoms with Crippen LogP contribution in [0.2, 0.25) is 5.15 Å². The first kappa shape index (κ1) is 11.3. The Hall–Kier alpha value is -1.20. The minimum Gasteiger partial charge on any atom is -0.287 e. The zero-order valence-electron chi connectivity index (χ0n) is 8.32. The van der Waals surface area contributed by atoms with Crippen molar-refractivity contribution >= 4 is 33.3 Å². The molecule has 2 aromatic rings. The molecule has 4 nitrogen and oxygen atoms in total. The van der Waals surface area contributed by atoms with Gasteiger partial charge in [-0.25, -0.2) is 4.98 Å². The van der Waals surface area contributed by atoms with Gasteiger partial charge in [-0.2, -0.15) is 5.10 Å². The minimum atomic E-state index is -0.142. The molecular formula is C10H7BrClN3O. The average Bonchev–Trinajstić information content (AvgIpc) is 2.58. The zero-order chi connectivity index (χ0) is 11.7. The topological polar surface area (TPSA) is 47.8 Å². The van der Waals surface area contributed by atoms with Gasteiger partial charge in [0.25, 0.3) is 0 Å². The second-order valence-electron chi connectivity index (χ2n) is 3.16. The van der Waals surface area contributed by atoms with Gasteiger partial charge in [0, 0.05) is 18.8 Å². The van der Waals surface area contributed by atoms with E-state index in [0.717, 1.165) is 0 Å². The van der Waals surface area contributed by atoms with E-state index in [1.54, 1.807) is 19.3 Å². The summed E-state index contributed by atoms with van der Waals surface area (Å²) in [5.74, 6) is -0.142. The number of ketones is 1. The highest BCUT2D eigenvalue weighted by Crippen LogP contribution is 2.19. The van der Waals surface area contributed by atoms with Crippen molar-refractivity contribution in [3.8, 4) is 0 Å². The number of carbonyl (C=O) groups excluding carboxylic acids is 1. The Bertz CT molecular complexity index is 533. The fraction of sp³-hybridized carbons (Fsp3) is 0.100. The van der Waals surface area contributed by atoms with Gasteiger partial charge in [-0.05, 0) is 28.1 Å². The molecule has 0 unspecified atom stereocenters. The summed E-state index contributed by atoms with van der Waals surface area (Å²) in [7, 11) is 1.71. The molecular weight excluding hydrogens is 293 g/mol. The molecule has 0 aliphatic rings. The van der Waals surface area contributed by atoms with E-state index < -0.39 is 0 Å². The van der Waals surface area contributed by atoms with Crippen molar-refractivity contribution in [1.29, 1.82) is 0 Å². The quantitative estimate of drug-likeness (QED) is 0.632. The SMILES string of the molecule is Cn1ncc(Br)c1C(=O)c1ccnc(Cl)c1. The van der Waals surface area contributed by atoms with E-state index in [2.05, 4.69) is 26.0 Å². The molecule has 0 bridgehead atoms. The fourth-order valence-electron chi connectivity index (χ4n) is 1.35. The molecule has 82 valence electrons. The maximum absolute atomic E-state index is 12.1. The van der Waals surface area contributed by atoms with Gasteiger partial charge in [0.05, 0.1) is 10.7 Å². The van der Waals surface area contributed by atoms with Crippen LogP contribution in [0, 0.1) is 0 Å². The van der Waals surface area contributed by atoms with Crippen molar-refractivity contribution < 1.29 is 4.79 Å². The van der Waals surface area contributed by atoms with Crippen LogP contribution in [0.15, 0.2) is 29.0 Å². The smallest absolute Gasteiger partial charge is 0.212 e. The van der Waals surface area contributed by atoms with Crippen LogP contribution in [0.3, 0.4) is 0 Å². The molecule has 0 saturated carbocycles. The summed E-state index contributed by atoms with van der Waals surface area (Å²) in [4.78, 5) is 16.0. The average molecular weight is 301 g/mol. The first-order valence-corrected chi connectivity index (χ1v) is 5.60. The Morgan fingerprint density at radius 1 is 1.56 bits per heavy atom. The Morgan fingerprint density at radius 2 is 2.31 bits per heavy atom. The third-order valence-electron chi connectivity index (χ3n) is 2.10. The number of aryl methyl sites for hydroxylation is 1. The summed E-state index contributed by atoms with van der Waals surface area (Å²) in [6, 6.07) is 3.15. The molecule has 0 spiro atoms. The molecule has 0 fully saturated rings. The lowest BCUT2D eigenvalue weighted by atomic mass is 10.1. The van der Waals surface area contributed by atoms with Crippen molar-refractivity contribution in [1.82, 2.24) is 14.8 Å². The second-order valence-corrected chi connectivity index (χ2v) is 4.40. The van der Waals surface area contributed by atoms with Crippen molar-refractivity contribution in [3.63, 3.8) is 0 Å². The first-order chi connectivity index (χ1) is 7.59. The lowest BCUT2D eigenvalue weighted by molar-refractivity contribution is 0.102. The zero-order valence-corrected chi connectivity index (χ0v) is 10.7. The van der Waals surface area contributed by atoms with Crippen LogP contribution >= 0.6 is 27.5 Å². The molecule has 2 aromatic heterocycles. The highest BCUT2D eigenvalue weighted by Gasteiger charge is 2.17. The Kier molecular flexibility index (Phi) is 3.07. The van der Waals surface area contributed by atoms with Gasteiger partial charge in [-0.15, -0.1) is 0 Å². The van der Waals surface area contributed by atoms with E-state index in [1.807, 2.05) is 0 Å². The fourth-order valence-corrected chi connectivity index (χ4v) is 2.05. The number of aromatic nitrogens is 3. The number of rotatable bonds is 2. The van der Waals surface area contributed by atoms with Gasteiger partial charge < -0.3 is 0 Å². The minimum absolute atomic E-state index is 0.142. The summed E-state index contributed by atoms with van der Waals surface area (Å²) in [5, 5.41) is 4.28. The highest BCUT2D eigenvalue weighted by molar-refractivity contribution is 9.10. The normalized spacial score (nSPS) is 10.4. The molecule has 0 atom stereocenters. The lowest BCUT2D eigenvalue weighted by Gasteiger charge is -2.02. The van der Waals surface area contributed by atoms with Crippen LogP contribution in [-0.4, -0.2) is 20.5 Å². The van der Waals surface area contributed by atoms with Crippen molar-refractivity contribution in [2.45, 2.75) is 0 Å². The van der Waals surface area contributed by atoms with Gasteiger partial charge in [0.1, 0.15) is 10.8 Å².